The Morgan fingerprint density at radius 3 is 3.05 bits per heavy atom. The summed E-state index contributed by atoms with van der Waals surface area (Å²) in [6.07, 6.45) is 5.83. The maximum absolute atomic E-state index is 12.4. The third-order valence-electron chi connectivity index (χ3n) is 4.40. The number of hydrogen-bond donors (Lipinski definition) is 1. The summed E-state index contributed by atoms with van der Waals surface area (Å²) in [5.74, 6) is -0.0941. The van der Waals surface area contributed by atoms with Crippen LogP contribution in [0.4, 0.5) is 0 Å². The molecule has 2 aromatic rings. The second kappa shape index (κ2) is 4.85. The third kappa shape index (κ3) is 2.15. The fourth-order valence-electron chi connectivity index (χ4n) is 2.97. The van der Waals surface area contributed by atoms with E-state index in [2.05, 4.69) is 21.4 Å². The molecule has 0 aromatic carbocycles. The lowest BCUT2D eigenvalue weighted by molar-refractivity contribution is 0.0906. The van der Waals surface area contributed by atoms with Gasteiger partial charge >= 0.3 is 0 Å². The first kappa shape index (κ1) is 13.6. The number of carbonyl (C=O) groups is 1. The van der Waals surface area contributed by atoms with E-state index in [4.69, 9.17) is 0 Å². The molecule has 0 unspecified atom stereocenters. The van der Waals surface area contributed by atoms with Gasteiger partial charge in [-0.05, 0) is 31.2 Å². The highest BCUT2D eigenvalue weighted by Gasteiger charge is 2.42. The first-order valence-corrected chi connectivity index (χ1v) is 7.06. The molecular formula is C15H17N5O. The maximum Gasteiger partial charge on any atom is 0.254 e. The number of amides is 1. The van der Waals surface area contributed by atoms with Crippen molar-refractivity contribution >= 4 is 17.1 Å². The van der Waals surface area contributed by atoms with Gasteiger partial charge in [0, 0.05) is 13.2 Å². The van der Waals surface area contributed by atoms with E-state index in [1.807, 2.05) is 14.0 Å². The van der Waals surface area contributed by atoms with Crippen molar-refractivity contribution in [2.24, 2.45) is 13.0 Å². The Morgan fingerprint density at radius 2 is 2.38 bits per heavy atom. The van der Waals surface area contributed by atoms with Gasteiger partial charge < -0.3 is 9.88 Å². The molecule has 3 rings (SSSR count). The fourth-order valence-corrected chi connectivity index (χ4v) is 2.97. The molecule has 21 heavy (non-hydrogen) atoms. The minimum Gasteiger partial charge on any atom is -0.333 e. The number of pyridine rings is 1. The van der Waals surface area contributed by atoms with Crippen molar-refractivity contribution in [3.8, 4) is 6.07 Å². The molecule has 1 amide bonds. The Labute approximate surface area is 122 Å². The SMILES string of the molecule is C[C@H]1CCC[C@@]1(C#N)NC(=O)c1cnc2c(c1)ncn2C. The van der Waals surface area contributed by atoms with Crippen LogP contribution in [0.15, 0.2) is 18.6 Å². The van der Waals surface area contributed by atoms with E-state index in [-0.39, 0.29) is 11.8 Å². The number of nitriles is 1. The van der Waals surface area contributed by atoms with Gasteiger partial charge in [-0.15, -0.1) is 0 Å². The van der Waals surface area contributed by atoms with Gasteiger partial charge in [-0.2, -0.15) is 5.26 Å². The molecule has 0 aliphatic heterocycles. The average Bonchev–Trinajstić information content (AvgIpc) is 3.03. The van der Waals surface area contributed by atoms with Gasteiger partial charge in [-0.3, -0.25) is 4.79 Å². The zero-order chi connectivity index (χ0) is 15.0. The maximum atomic E-state index is 12.4. The van der Waals surface area contributed by atoms with Crippen LogP contribution in [0.5, 0.6) is 0 Å². The van der Waals surface area contributed by atoms with Crippen molar-refractivity contribution in [2.75, 3.05) is 0 Å². The monoisotopic (exact) mass is 283 g/mol. The molecule has 0 radical (unpaired) electrons. The van der Waals surface area contributed by atoms with Crippen LogP contribution >= 0.6 is 0 Å². The summed E-state index contributed by atoms with van der Waals surface area (Å²) in [6.45, 7) is 2.01. The number of hydrogen-bond acceptors (Lipinski definition) is 4. The number of rotatable bonds is 2. The molecule has 1 fully saturated rings. The number of nitrogens with zero attached hydrogens (tertiary/aromatic N) is 4. The quantitative estimate of drug-likeness (QED) is 0.910. The lowest BCUT2D eigenvalue weighted by atomic mass is 9.89. The average molecular weight is 283 g/mol. The Hall–Kier alpha value is -2.42. The molecule has 1 aliphatic rings. The normalized spacial score (nSPS) is 24.9. The van der Waals surface area contributed by atoms with Crippen LogP contribution in [0.25, 0.3) is 11.2 Å². The van der Waals surface area contributed by atoms with E-state index in [1.165, 1.54) is 6.20 Å². The minimum absolute atomic E-state index is 0.165. The van der Waals surface area contributed by atoms with Gasteiger partial charge in [0.1, 0.15) is 11.1 Å². The number of imidazole rings is 1. The Balaban J connectivity index is 1.88. The Bertz CT molecular complexity index is 744. The van der Waals surface area contributed by atoms with E-state index in [0.29, 0.717) is 17.5 Å². The Kier molecular flexibility index (Phi) is 3.13. The number of aromatic nitrogens is 3. The molecule has 1 saturated carbocycles. The van der Waals surface area contributed by atoms with Crippen molar-refractivity contribution in [1.82, 2.24) is 19.9 Å². The summed E-state index contributed by atoms with van der Waals surface area (Å²) < 4.78 is 1.80. The highest BCUT2D eigenvalue weighted by molar-refractivity contribution is 5.97. The van der Waals surface area contributed by atoms with Crippen molar-refractivity contribution in [3.63, 3.8) is 0 Å². The highest BCUT2D eigenvalue weighted by atomic mass is 16.1. The first-order valence-electron chi connectivity index (χ1n) is 7.06. The largest absolute Gasteiger partial charge is 0.333 e. The third-order valence-corrected chi connectivity index (χ3v) is 4.40. The smallest absolute Gasteiger partial charge is 0.254 e. The molecule has 2 aromatic heterocycles. The predicted octanol–water partition coefficient (Wildman–Crippen LogP) is 1.78. The number of aryl methyl sites for hydroxylation is 1. The fraction of sp³-hybridized carbons (Fsp3) is 0.467. The first-order chi connectivity index (χ1) is 10.1. The van der Waals surface area contributed by atoms with Crippen molar-refractivity contribution in [1.29, 1.82) is 5.26 Å². The van der Waals surface area contributed by atoms with Crippen LogP contribution in [0, 0.1) is 17.2 Å². The second-order valence-electron chi connectivity index (χ2n) is 5.75. The minimum atomic E-state index is -0.754. The summed E-state index contributed by atoms with van der Waals surface area (Å²) in [7, 11) is 1.85. The summed E-state index contributed by atoms with van der Waals surface area (Å²) in [5.41, 5.74) is 1.09. The molecule has 0 saturated heterocycles. The van der Waals surface area contributed by atoms with Gasteiger partial charge in [0.25, 0.3) is 5.91 Å². The molecule has 1 aliphatic carbocycles. The molecule has 0 bridgehead atoms. The van der Waals surface area contributed by atoms with Crippen LogP contribution in [0.3, 0.4) is 0 Å². The van der Waals surface area contributed by atoms with Crippen LogP contribution in [-0.4, -0.2) is 26.0 Å². The van der Waals surface area contributed by atoms with Crippen LogP contribution < -0.4 is 5.32 Å². The molecule has 2 heterocycles. The number of fused-ring (bicyclic) bond motifs is 1. The lowest BCUT2D eigenvalue weighted by Gasteiger charge is -2.27. The molecule has 2 atom stereocenters. The van der Waals surface area contributed by atoms with Crippen molar-refractivity contribution in [3.05, 3.63) is 24.2 Å². The second-order valence-corrected chi connectivity index (χ2v) is 5.75. The van der Waals surface area contributed by atoms with Gasteiger partial charge in [-0.1, -0.05) is 6.92 Å². The molecule has 1 N–H and O–H groups in total. The zero-order valence-corrected chi connectivity index (χ0v) is 12.1. The van der Waals surface area contributed by atoms with E-state index < -0.39 is 5.54 Å². The number of carbonyl (C=O) groups excluding carboxylic acids is 1. The van der Waals surface area contributed by atoms with Crippen LogP contribution in [0.2, 0.25) is 0 Å². The van der Waals surface area contributed by atoms with Gasteiger partial charge in [0.05, 0.1) is 18.0 Å². The number of nitrogens with one attached hydrogen (secondary N) is 1. The topological polar surface area (TPSA) is 83.6 Å². The molecule has 0 spiro atoms. The highest BCUT2D eigenvalue weighted by Crippen LogP contribution is 2.35. The standard InChI is InChI=1S/C15H17N5O/c1-10-4-3-5-15(10,8-16)19-14(21)11-6-12-13(17-7-11)20(2)9-18-12/h6-7,9-10H,3-5H2,1-2H3,(H,19,21)/t10-,15-/m0/s1. The van der Waals surface area contributed by atoms with Crippen LogP contribution in [0.1, 0.15) is 36.5 Å². The predicted molar refractivity (Wildman–Crippen MR) is 77.3 cm³/mol. The van der Waals surface area contributed by atoms with Crippen LogP contribution in [-0.2, 0) is 7.05 Å². The zero-order valence-electron chi connectivity index (χ0n) is 12.1. The van der Waals surface area contributed by atoms with Crippen molar-refractivity contribution < 1.29 is 4.79 Å². The molecular weight excluding hydrogens is 266 g/mol. The van der Waals surface area contributed by atoms with Gasteiger partial charge in [-0.25, -0.2) is 9.97 Å². The lowest BCUT2D eigenvalue weighted by Crippen LogP contribution is -2.49. The Morgan fingerprint density at radius 1 is 1.57 bits per heavy atom. The van der Waals surface area contributed by atoms with Gasteiger partial charge in [0.15, 0.2) is 5.65 Å². The van der Waals surface area contributed by atoms with E-state index in [9.17, 15) is 10.1 Å². The van der Waals surface area contributed by atoms with E-state index in [1.54, 1.807) is 17.0 Å². The summed E-state index contributed by atoms with van der Waals surface area (Å²) in [4.78, 5) is 20.9. The summed E-state index contributed by atoms with van der Waals surface area (Å²) in [6, 6.07) is 4.01. The van der Waals surface area contributed by atoms with Crippen molar-refractivity contribution in [2.45, 2.75) is 31.7 Å². The van der Waals surface area contributed by atoms with E-state index >= 15 is 0 Å². The molecule has 6 heteroatoms. The van der Waals surface area contributed by atoms with E-state index in [0.717, 1.165) is 18.5 Å². The molecule has 108 valence electrons. The molecule has 6 nitrogen and oxygen atoms in total. The summed E-state index contributed by atoms with van der Waals surface area (Å²) in [5, 5.41) is 12.4. The van der Waals surface area contributed by atoms with Gasteiger partial charge in [0.2, 0.25) is 0 Å². The summed E-state index contributed by atoms with van der Waals surface area (Å²) >= 11 is 0.